The third kappa shape index (κ3) is 4.85. The molecule has 0 bridgehead atoms. The first-order valence-electron chi connectivity index (χ1n) is 8.81. The molecular formula is C22H24N4O. The number of aromatic nitrogens is 1. The Morgan fingerprint density at radius 1 is 0.889 bits per heavy atom. The molecule has 3 aromatic rings. The van der Waals surface area contributed by atoms with Gasteiger partial charge in [-0.3, -0.25) is 4.79 Å². The zero-order valence-corrected chi connectivity index (χ0v) is 16.1. The monoisotopic (exact) mass is 360 g/mol. The van der Waals surface area contributed by atoms with Gasteiger partial charge in [-0.1, -0.05) is 6.07 Å². The fraction of sp³-hybridized carbons (Fsp3) is 0.182. The standard InChI is InChI=1S/C22H24N4O/c1-15-11-16(2)13-19(12-15)24-21-10-5-17(14-23-21)22(27)25-18-6-8-20(9-7-18)26(3)4/h5-14H,1-4H3,(H,23,24)(H,25,27). The number of rotatable bonds is 5. The number of pyridine rings is 1. The number of hydrogen-bond donors (Lipinski definition) is 2. The van der Waals surface area contributed by atoms with Crippen LogP contribution in [0, 0.1) is 13.8 Å². The molecule has 3 rings (SSSR count). The summed E-state index contributed by atoms with van der Waals surface area (Å²) in [6, 6.07) is 17.5. The molecule has 2 aromatic carbocycles. The number of benzene rings is 2. The van der Waals surface area contributed by atoms with E-state index in [1.807, 2.05) is 49.3 Å². The third-order valence-corrected chi connectivity index (χ3v) is 4.16. The van der Waals surface area contributed by atoms with Crippen molar-refractivity contribution in [1.82, 2.24) is 4.98 Å². The second-order valence-corrected chi connectivity index (χ2v) is 6.83. The summed E-state index contributed by atoms with van der Waals surface area (Å²) < 4.78 is 0. The van der Waals surface area contributed by atoms with Crippen molar-refractivity contribution < 1.29 is 4.79 Å². The van der Waals surface area contributed by atoms with Gasteiger partial charge in [0.1, 0.15) is 5.82 Å². The lowest BCUT2D eigenvalue weighted by molar-refractivity contribution is 0.102. The van der Waals surface area contributed by atoms with E-state index >= 15 is 0 Å². The number of nitrogens with zero attached hydrogens (tertiary/aromatic N) is 2. The molecule has 0 aliphatic carbocycles. The Morgan fingerprint density at radius 2 is 1.56 bits per heavy atom. The Hall–Kier alpha value is -3.34. The van der Waals surface area contributed by atoms with Gasteiger partial charge in [0.25, 0.3) is 5.91 Å². The largest absolute Gasteiger partial charge is 0.378 e. The first-order chi connectivity index (χ1) is 12.9. The highest BCUT2D eigenvalue weighted by Crippen LogP contribution is 2.19. The van der Waals surface area contributed by atoms with Gasteiger partial charge in [0, 0.05) is 37.4 Å². The van der Waals surface area contributed by atoms with E-state index in [-0.39, 0.29) is 5.91 Å². The molecule has 1 heterocycles. The van der Waals surface area contributed by atoms with Crippen molar-refractivity contribution in [3.8, 4) is 0 Å². The number of anilines is 4. The maximum Gasteiger partial charge on any atom is 0.257 e. The zero-order valence-electron chi connectivity index (χ0n) is 16.1. The molecule has 1 amide bonds. The van der Waals surface area contributed by atoms with Crippen molar-refractivity contribution in [3.63, 3.8) is 0 Å². The van der Waals surface area contributed by atoms with Crippen LogP contribution >= 0.6 is 0 Å². The van der Waals surface area contributed by atoms with E-state index in [4.69, 9.17) is 0 Å². The minimum atomic E-state index is -0.182. The molecule has 0 saturated carbocycles. The van der Waals surface area contributed by atoms with Crippen molar-refractivity contribution in [1.29, 1.82) is 0 Å². The molecule has 0 fully saturated rings. The molecule has 5 heteroatoms. The summed E-state index contributed by atoms with van der Waals surface area (Å²) in [4.78, 5) is 18.8. The van der Waals surface area contributed by atoms with Crippen LogP contribution in [0.2, 0.25) is 0 Å². The van der Waals surface area contributed by atoms with Crippen molar-refractivity contribution in [3.05, 3.63) is 77.5 Å². The summed E-state index contributed by atoms with van der Waals surface area (Å²) in [6.45, 7) is 4.12. The minimum absolute atomic E-state index is 0.182. The van der Waals surface area contributed by atoms with Crippen LogP contribution in [0.5, 0.6) is 0 Å². The number of aryl methyl sites for hydroxylation is 2. The second kappa shape index (κ2) is 7.91. The van der Waals surface area contributed by atoms with Crippen molar-refractivity contribution >= 4 is 28.8 Å². The SMILES string of the molecule is Cc1cc(C)cc(Nc2ccc(C(=O)Nc3ccc(N(C)C)cc3)cn2)c1. The number of nitrogens with one attached hydrogen (secondary N) is 2. The van der Waals surface area contributed by atoms with Crippen LogP contribution in [-0.4, -0.2) is 25.0 Å². The number of hydrogen-bond acceptors (Lipinski definition) is 4. The van der Waals surface area contributed by atoms with Crippen molar-refractivity contribution in [2.75, 3.05) is 29.6 Å². The molecule has 0 saturated heterocycles. The average molecular weight is 360 g/mol. The predicted octanol–water partition coefficient (Wildman–Crippen LogP) is 4.76. The van der Waals surface area contributed by atoms with Crippen LogP contribution in [0.25, 0.3) is 0 Å². The van der Waals surface area contributed by atoms with E-state index in [0.29, 0.717) is 11.4 Å². The van der Waals surface area contributed by atoms with E-state index in [0.717, 1.165) is 17.1 Å². The Labute approximate surface area is 160 Å². The predicted molar refractivity (Wildman–Crippen MR) is 112 cm³/mol. The maximum atomic E-state index is 12.4. The molecule has 0 atom stereocenters. The van der Waals surface area contributed by atoms with Crippen LogP contribution in [0.4, 0.5) is 22.9 Å². The lowest BCUT2D eigenvalue weighted by atomic mass is 10.1. The highest BCUT2D eigenvalue weighted by molar-refractivity contribution is 6.04. The summed E-state index contributed by atoms with van der Waals surface area (Å²) in [5.74, 6) is 0.518. The normalized spacial score (nSPS) is 10.4. The number of carbonyl (C=O) groups excluding carboxylic acids is 1. The number of amides is 1. The van der Waals surface area contributed by atoms with Gasteiger partial charge in [-0.25, -0.2) is 4.98 Å². The van der Waals surface area contributed by atoms with Crippen LogP contribution in [-0.2, 0) is 0 Å². The Kier molecular flexibility index (Phi) is 5.41. The summed E-state index contributed by atoms with van der Waals surface area (Å²) in [5, 5.41) is 6.16. The quantitative estimate of drug-likeness (QED) is 0.689. The molecular weight excluding hydrogens is 336 g/mol. The third-order valence-electron chi connectivity index (χ3n) is 4.16. The minimum Gasteiger partial charge on any atom is -0.378 e. The van der Waals surface area contributed by atoms with Gasteiger partial charge < -0.3 is 15.5 Å². The molecule has 0 unspecified atom stereocenters. The van der Waals surface area contributed by atoms with Gasteiger partial charge in [-0.05, 0) is 73.5 Å². The molecule has 5 nitrogen and oxygen atoms in total. The van der Waals surface area contributed by atoms with E-state index in [9.17, 15) is 4.79 Å². The van der Waals surface area contributed by atoms with Gasteiger partial charge in [-0.15, -0.1) is 0 Å². The highest BCUT2D eigenvalue weighted by Gasteiger charge is 2.07. The fourth-order valence-corrected chi connectivity index (χ4v) is 2.84. The molecule has 27 heavy (non-hydrogen) atoms. The Bertz CT molecular complexity index is 911. The van der Waals surface area contributed by atoms with Gasteiger partial charge in [0.15, 0.2) is 0 Å². The molecule has 2 N–H and O–H groups in total. The lowest BCUT2D eigenvalue weighted by Crippen LogP contribution is -2.13. The molecule has 138 valence electrons. The topological polar surface area (TPSA) is 57.3 Å². The van der Waals surface area contributed by atoms with Crippen LogP contribution in [0.3, 0.4) is 0 Å². The van der Waals surface area contributed by atoms with E-state index in [2.05, 4.69) is 47.7 Å². The van der Waals surface area contributed by atoms with Crippen LogP contribution < -0.4 is 15.5 Å². The fourth-order valence-electron chi connectivity index (χ4n) is 2.84. The molecule has 0 aliphatic heterocycles. The second-order valence-electron chi connectivity index (χ2n) is 6.83. The summed E-state index contributed by atoms with van der Waals surface area (Å²) in [6.07, 6.45) is 1.58. The summed E-state index contributed by atoms with van der Waals surface area (Å²) in [7, 11) is 3.96. The van der Waals surface area contributed by atoms with Gasteiger partial charge in [-0.2, -0.15) is 0 Å². The molecule has 0 spiro atoms. The summed E-state index contributed by atoms with van der Waals surface area (Å²) >= 11 is 0. The van der Waals surface area contributed by atoms with Crippen LogP contribution in [0.1, 0.15) is 21.5 Å². The van der Waals surface area contributed by atoms with Gasteiger partial charge in [0.05, 0.1) is 5.56 Å². The van der Waals surface area contributed by atoms with Crippen LogP contribution in [0.15, 0.2) is 60.8 Å². The van der Waals surface area contributed by atoms with Gasteiger partial charge >= 0.3 is 0 Å². The smallest absolute Gasteiger partial charge is 0.257 e. The van der Waals surface area contributed by atoms with Crippen molar-refractivity contribution in [2.24, 2.45) is 0 Å². The first kappa shape index (κ1) is 18.5. The average Bonchev–Trinajstić information content (AvgIpc) is 2.62. The van der Waals surface area contributed by atoms with E-state index < -0.39 is 0 Å². The first-order valence-corrected chi connectivity index (χ1v) is 8.81. The Balaban J connectivity index is 1.66. The highest BCUT2D eigenvalue weighted by atomic mass is 16.1. The molecule has 1 aromatic heterocycles. The maximum absolute atomic E-state index is 12.4. The molecule has 0 aliphatic rings. The van der Waals surface area contributed by atoms with E-state index in [1.54, 1.807) is 12.3 Å². The lowest BCUT2D eigenvalue weighted by Gasteiger charge is -2.13. The molecule has 0 radical (unpaired) electrons. The number of carbonyl (C=O) groups is 1. The van der Waals surface area contributed by atoms with E-state index in [1.165, 1.54) is 11.1 Å². The van der Waals surface area contributed by atoms with Gasteiger partial charge in [0.2, 0.25) is 0 Å². The zero-order chi connectivity index (χ0) is 19.4. The Morgan fingerprint density at radius 3 is 2.11 bits per heavy atom. The summed E-state index contributed by atoms with van der Waals surface area (Å²) in [5.41, 5.74) is 5.71. The van der Waals surface area contributed by atoms with Crippen molar-refractivity contribution in [2.45, 2.75) is 13.8 Å².